The van der Waals surface area contributed by atoms with E-state index in [1.807, 2.05) is 11.0 Å². The van der Waals surface area contributed by atoms with Crippen LogP contribution in [-0.2, 0) is 14.8 Å². The molecule has 10 heteroatoms. The standard InChI is InChI=1S/C34H42N4O5S/c1-34(2,33(40)37-25-20-27(21-26-37)19-24-36-22-9-10-23-36)35-32(39)28-15-17-31(18-16-28)44(41,42)38(29-11-5-3-6-12-29)43-30-13-7-4-8-14-30/h3-8,11-18,27H,9-10,19-26H2,1-2H3,(H,35,39). The fraction of sp³-hybridized carbons (Fsp3) is 0.412. The zero-order valence-corrected chi connectivity index (χ0v) is 26.3. The molecule has 9 nitrogen and oxygen atoms in total. The lowest BCUT2D eigenvalue weighted by Gasteiger charge is -2.37. The van der Waals surface area contributed by atoms with Gasteiger partial charge in [-0.25, -0.2) is 0 Å². The van der Waals surface area contributed by atoms with Crippen LogP contribution in [0.2, 0.25) is 0 Å². The highest BCUT2D eigenvalue weighted by Gasteiger charge is 2.36. The van der Waals surface area contributed by atoms with Gasteiger partial charge in [-0.2, -0.15) is 8.42 Å². The highest BCUT2D eigenvalue weighted by Crippen LogP contribution is 2.27. The Labute approximate surface area is 260 Å². The first-order valence-corrected chi connectivity index (χ1v) is 16.9. The molecule has 234 valence electrons. The Morgan fingerprint density at radius 3 is 2.07 bits per heavy atom. The number of benzene rings is 3. The molecule has 1 N–H and O–H groups in total. The van der Waals surface area contributed by atoms with Crippen LogP contribution in [-0.4, -0.2) is 68.3 Å². The van der Waals surface area contributed by atoms with Gasteiger partial charge in [-0.3, -0.25) is 9.59 Å². The van der Waals surface area contributed by atoms with E-state index in [4.69, 9.17) is 4.84 Å². The third-order valence-corrected chi connectivity index (χ3v) is 10.0. The van der Waals surface area contributed by atoms with Gasteiger partial charge in [0.2, 0.25) is 5.91 Å². The lowest BCUT2D eigenvalue weighted by Crippen LogP contribution is -2.57. The van der Waals surface area contributed by atoms with Crippen molar-refractivity contribution in [2.75, 3.05) is 37.2 Å². The van der Waals surface area contributed by atoms with Crippen LogP contribution in [0.3, 0.4) is 0 Å². The second-order valence-corrected chi connectivity index (χ2v) is 13.9. The molecular formula is C34H42N4O5S. The molecule has 2 heterocycles. The molecule has 0 aliphatic carbocycles. The summed E-state index contributed by atoms with van der Waals surface area (Å²) < 4.78 is 28.3. The molecule has 2 aliphatic rings. The maximum atomic E-state index is 13.7. The Kier molecular flexibility index (Phi) is 9.90. The number of likely N-dealkylation sites (tertiary alicyclic amines) is 2. The number of carbonyl (C=O) groups is 2. The molecule has 2 saturated heterocycles. The van der Waals surface area contributed by atoms with E-state index < -0.39 is 21.5 Å². The fourth-order valence-corrected chi connectivity index (χ4v) is 7.10. The second kappa shape index (κ2) is 13.8. The van der Waals surface area contributed by atoms with Gasteiger partial charge in [-0.1, -0.05) is 40.9 Å². The second-order valence-electron chi connectivity index (χ2n) is 12.1. The minimum absolute atomic E-state index is 0.0447. The van der Waals surface area contributed by atoms with Crippen LogP contribution in [0, 0.1) is 5.92 Å². The molecule has 2 fully saturated rings. The van der Waals surface area contributed by atoms with Gasteiger partial charge in [0.15, 0.2) is 5.75 Å². The number of para-hydroxylation sites is 2. The molecule has 0 aromatic heterocycles. The molecule has 3 aromatic rings. The third-order valence-electron chi connectivity index (χ3n) is 8.45. The van der Waals surface area contributed by atoms with Gasteiger partial charge in [-0.15, -0.1) is 0 Å². The van der Waals surface area contributed by atoms with Crippen LogP contribution in [0.15, 0.2) is 89.8 Å². The van der Waals surface area contributed by atoms with E-state index >= 15 is 0 Å². The van der Waals surface area contributed by atoms with Crippen molar-refractivity contribution < 1.29 is 22.8 Å². The topological polar surface area (TPSA) is 99.3 Å². The fourth-order valence-electron chi connectivity index (χ4n) is 5.84. The summed E-state index contributed by atoms with van der Waals surface area (Å²) in [5, 5.41) is 2.86. The molecule has 3 aromatic carbocycles. The van der Waals surface area contributed by atoms with Crippen molar-refractivity contribution in [2.24, 2.45) is 5.92 Å². The molecule has 0 radical (unpaired) electrons. The van der Waals surface area contributed by atoms with Crippen molar-refractivity contribution in [2.45, 2.75) is 56.4 Å². The van der Waals surface area contributed by atoms with E-state index in [1.54, 1.807) is 68.4 Å². The van der Waals surface area contributed by atoms with Crippen LogP contribution < -0.4 is 14.6 Å². The highest BCUT2D eigenvalue weighted by atomic mass is 32.2. The molecule has 0 spiro atoms. The molecule has 0 atom stereocenters. The molecule has 5 rings (SSSR count). The van der Waals surface area contributed by atoms with Crippen LogP contribution in [0.25, 0.3) is 0 Å². The van der Waals surface area contributed by atoms with Crippen molar-refractivity contribution in [3.05, 3.63) is 90.5 Å². The quantitative estimate of drug-likeness (QED) is 0.300. The number of amides is 2. The van der Waals surface area contributed by atoms with E-state index in [9.17, 15) is 18.0 Å². The number of anilines is 1. The van der Waals surface area contributed by atoms with Crippen molar-refractivity contribution in [3.8, 4) is 5.75 Å². The monoisotopic (exact) mass is 618 g/mol. The van der Waals surface area contributed by atoms with Crippen LogP contribution >= 0.6 is 0 Å². The maximum absolute atomic E-state index is 13.7. The van der Waals surface area contributed by atoms with E-state index in [0.717, 1.165) is 23.9 Å². The summed E-state index contributed by atoms with van der Waals surface area (Å²) in [4.78, 5) is 36.8. The smallest absolute Gasteiger partial charge is 0.295 e. The van der Waals surface area contributed by atoms with Crippen molar-refractivity contribution in [3.63, 3.8) is 0 Å². The number of carbonyl (C=O) groups excluding carboxylic acids is 2. The minimum atomic E-state index is -4.16. The number of sulfonamides is 1. The summed E-state index contributed by atoms with van der Waals surface area (Å²) in [5.74, 6) is 0.421. The van der Waals surface area contributed by atoms with E-state index in [0.29, 0.717) is 30.4 Å². The maximum Gasteiger partial charge on any atom is 0.295 e. The van der Waals surface area contributed by atoms with E-state index in [-0.39, 0.29) is 16.4 Å². The van der Waals surface area contributed by atoms with Gasteiger partial charge < -0.3 is 20.0 Å². The van der Waals surface area contributed by atoms with Gasteiger partial charge in [0, 0.05) is 18.7 Å². The lowest BCUT2D eigenvalue weighted by molar-refractivity contribution is -0.138. The molecule has 44 heavy (non-hydrogen) atoms. The first-order valence-electron chi connectivity index (χ1n) is 15.4. The predicted molar refractivity (Wildman–Crippen MR) is 171 cm³/mol. The van der Waals surface area contributed by atoms with Crippen molar-refractivity contribution in [1.82, 2.24) is 15.1 Å². The average Bonchev–Trinajstić information content (AvgIpc) is 3.57. The number of hydrogen-bond acceptors (Lipinski definition) is 6. The summed E-state index contributed by atoms with van der Waals surface area (Å²) in [6.07, 6.45) is 5.73. The van der Waals surface area contributed by atoms with Gasteiger partial charge >= 0.3 is 0 Å². The number of hydrogen-bond donors (Lipinski definition) is 1. The number of nitrogens with zero attached hydrogens (tertiary/aromatic N) is 3. The summed E-state index contributed by atoms with van der Waals surface area (Å²) in [6.45, 7) is 8.37. The Balaban J connectivity index is 1.21. The summed E-state index contributed by atoms with van der Waals surface area (Å²) >= 11 is 0. The highest BCUT2D eigenvalue weighted by molar-refractivity contribution is 7.92. The van der Waals surface area contributed by atoms with E-state index in [2.05, 4.69) is 10.2 Å². The first-order chi connectivity index (χ1) is 21.1. The summed E-state index contributed by atoms with van der Waals surface area (Å²) in [6, 6.07) is 22.8. The SMILES string of the molecule is CC(C)(NC(=O)c1ccc(S(=O)(=O)N(Oc2ccccc2)c2ccccc2)cc1)C(=O)N1CCC(CCN2CCCC2)CC1. The minimum Gasteiger partial charge on any atom is -0.364 e. The Hall–Kier alpha value is -3.89. The predicted octanol–water partition coefficient (Wildman–Crippen LogP) is 5.11. The Morgan fingerprint density at radius 1 is 0.864 bits per heavy atom. The number of piperidine rings is 1. The molecule has 0 bridgehead atoms. The molecule has 0 unspecified atom stereocenters. The van der Waals surface area contributed by atoms with Gasteiger partial charge in [0.25, 0.3) is 15.9 Å². The van der Waals surface area contributed by atoms with E-state index in [1.165, 1.54) is 56.6 Å². The van der Waals surface area contributed by atoms with Gasteiger partial charge in [-0.05, 0) is 120 Å². The number of nitrogens with one attached hydrogen (secondary N) is 1. The lowest BCUT2D eigenvalue weighted by atomic mass is 9.91. The average molecular weight is 619 g/mol. The normalized spacial score (nSPS) is 16.5. The zero-order valence-electron chi connectivity index (χ0n) is 25.5. The Bertz CT molecular complexity index is 1500. The number of rotatable bonds is 11. The van der Waals surface area contributed by atoms with Crippen LogP contribution in [0.4, 0.5) is 5.69 Å². The first kappa shape index (κ1) is 31.5. The zero-order chi connectivity index (χ0) is 31.2. The molecule has 0 saturated carbocycles. The largest absolute Gasteiger partial charge is 0.364 e. The summed E-state index contributed by atoms with van der Waals surface area (Å²) in [5.41, 5.74) is -0.535. The molecule has 2 aliphatic heterocycles. The summed E-state index contributed by atoms with van der Waals surface area (Å²) in [7, 11) is -4.16. The van der Waals surface area contributed by atoms with Crippen LogP contribution in [0.1, 0.15) is 56.3 Å². The van der Waals surface area contributed by atoms with Crippen molar-refractivity contribution in [1.29, 1.82) is 0 Å². The van der Waals surface area contributed by atoms with Crippen LogP contribution in [0.5, 0.6) is 5.75 Å². The molecule has 2 amide bonds. The Morgan fingerprint density at radius 2 is 1.45 bits per heavy atom. The van der Waals surface area contributed by atoms with Gasteiger partial charge in [0.05, 0.1) is 10.6 Å². The van der Waals surface area contributed by atoms with Gasteiger partial charge in [0.1, 0.15) is 5.54 Å². The van der Waals surface area contributed by atoms with Crippen molar-refractivity contribution >= 4 is 27.5 Å². The molecular weight excluding hydrogens is 576 g/mol. The third kappa shape index (κ3) is 7.60.